The van der Waals surface area contributed by atoms with Crippen LogP contribution in [-0.2, 0) is 34.3 Å². The minimum atomic E-state index is -3.84. The molecule has 31 heavy (non-hydrogen) atoms. The van der Waals surface area contributed by atoms with Gasteiger partial charge in [0.2, 0.25) is 15.9 Å². The van der Waals surface area contributed by atoms with Crippen LogP contribution in [0.25, 0.3) is 0 Å². The fourth-order valence-electron chi connectivity index (χ4n) is 3.90. The van der Waals surface area contributed by atoms with Crippen molar-refractivity contribution in [1.82, 2.24) is 9.62 Å². The number of amides is 1. The van der Waals surface area contributed by atoms with Crippen molar-refractivity contribution in [1.29, 1.82) is 0 Å². The molecule has 6 heteroatoms. The van der Waals surface area contributed by atoms with Gasteiger partial charge in [-0.25, -0.2) is 8.42 Å². The molecular formula is C25H26N2O3S. The molecule has 0 saturated heterocycles. The smallest absolute Gasteiger partial charge is 0.244 e. The summed E-state index contributed by atoms with van der Waals surface area (Å²) in [6.45, 7) is 4.40. The number of fused-ring (bicyclic) bond motifs is 1. The number of rotatable bonds is 5. The highest BCUT2D eigenvalue weighted by molar-refractivity contribution is 7.89. The van der Waals surface area contributed by atoms with Crippen LogP contribution in [0.1, 0.15) is 27.8 Å². The first kappa shape index (κ1) is 21.3. The number of hydrogen-bond donors (Lipinski definition) is 1. The fourth-order valence-corrected chi connectivity index (χ4v) is 5.57. The summed E-state index contributed by atoms with van der Waals surface area (Å²) in [4.78, 5) is 13.4. The average Bonchev–Trinajstić information content (AvgIpc) is 2.77. The van der Waals surface area contributed by atoms with Gasteiger partial charge in [0, 0.05) is 13.1 Å². The maximum atomic E-state index is 13.5. The van der Waals surface area contributed by atoms with Crippen LogP contribution in [0.4, 0.5) is 0 Å². The van der Waals surface area contributed by atoms with Crippen molar-refractivity contribution in [3.8, 4) is 0 Å². The van der Waals surface area contributed by atoms with Gasteiger partial charge >= 0.3 is 0 Å². The van der Waals surface area contributed by atoms with Crippen molar-refractivity contribution in [2.24, 2.45) is 0 Å². The lowest BCUT2D eigenvalue weighted by Crippen LogP contribution is -2.52. The predicted molar refractivity (Wildman–Crippen MR) is 121 cm³/mol. The molecule has 4 rings (SSSR count). The van der Waals surface area contributed by atoms with Gasteiger partial charge in [-0.3, -0.25) is 4.79 Å². The Balaban J connectivity index is 1.64. The number of sulfonamides is 1. The monoisotopic (exact) mass is 434 g/mol. The Bertz CT molecular complexity index is 1200. The number of benzene rings is 3. The topological polar surface area (TPSA) is 66.5 Å². The minimum absolute atomic E-state index is 0.176. The van der Waals surface area contributed by atoms with Crippen molar-refractivity contribution < 1.29 is 13.2 Å². The molecule has 1 N–H and O–H groups in total. The summed E-state index contributed by atoms with van der Waals surface area (Å²) < 4.78 is 28.4. The van der Waals surface area contributed by atoms with Crippen LogP contribution in [0, 0.1) is 13.8 Å². The van der Waals surface area contributed by atoms with Gasteiger partial charge in [0.05, 0.1) is 4.90 Å². The highest BCUT2D eigenvalue weighted by Crippen LogP contribution is 2.29. The summed E-state index contributed by atoms with van der Waals surface area (Å²) in [5.74, 6) is -0.286. The van der Waals surface area contributed by atoms with Crippen molar-refractivity contribution >= 4 is 15.9 Å². The zero-order valence-corrected chi connectivity index (χ0v) is 18.5. The van der Waals surface area contributed by atoms with Crippen LogP contribution < -0.4 is 5.32 Å². The first-order valence-electron chi connectivity index (χ1n) is 10.3. The van der Waals surface area contributed by atoms with Gasteiger partial charge in [0.15, 0.2) is 0 Å². The molecule has 1 aliphatic rings. The molecule has 1 heterocycles. The third-order valence-corrected chi connectivity index (χ3v) is 7.54. The second kappa shape index (κ2) is 8.65. The van der Waals surface area contributed by atoms with E-state index < -0.39 is 16.1 Å². The Labute approximate surface area is 183 Å². The molecule has 1 amide bonds. The van der Waals surface area contributed by atoms with E-state index in [2.05, 4.69) is 5.32 Å². The summed E-state index contributed by atoms with van der Waals surface area (Å²) in [5, 5.41) is 2.94. The van der Waals surface area contributed by atoms with E-state index in [1.165, 1.54) is 4.31 Å². The molecule has 0 saturated carbocycles. The normalized spacial score (nSPS) is 16.5. The molecule has 1 aliphatic heterocycles. The van der Waals surface area contributed by atoms with Crippen LogP contribution in [0.3, 0.4) is 0 Å². The van der Waals surface area contributed by atoms with Crippen LogP contribution >= 0.6 is 0 Å². The number of hydrogen-bond acceptors (Lipinski definition) is 3. The maximum absolute atomic E-state index is 13.5. The summed E-state index contributed by atoms with van der Waals surface area (Å²) in [5.41, 5.74) is 4.92. The van der Waals surface area contributed by atoms with E-state index in [-0.39, 0.29) is 17.3 Å². The molecule has 3 aromatic rings. The number of carbonyl (C=O) groups excluding carboxylic acids is 1. The molecule has 0 fully saturated rings. The van der Waals surface area contributed by atoms with E-state index in [9.17, 15) is 13.2 Å². The third kappa shape index (κ3) is 4.55. The zero-order chi connectivity index (χ0) is 22.0. The minimum Gasteiger partial charge on any atom is -0.351 e. The molecule has 3 aromatic carbocycles. The van der Waals surface area contributed by atoms with Gasteiger partial charge in [-0.15, -0.1) is 0 Å². The fraction of sp³-hybridized carbons (Fsp3) is 0.240. The lowest BCUT2D eigenvalue weighted by molar-refractivity contribution is -0.125. The molecule has 0 spiro atoms. The van der Waals surface area contributed by atoms with Crippen LogP contribution in [-0.4, -0.2) is 24.7 Å². The second-order valence-electron chi connectivity index (χ2n) is 8.06. The van der Waals surface area contributed by atoms with E-state index in [1.807, 2.05) is 68.4 Å². The molecule has 5 nitrogen and oxygen atoms in total. The quantitative estimate of drug-likeness (QED) is 0.665. The highest BCUT2D eigenvalue weighted by atomic mass is 32.2. The Hall–Kier alpha value is -2.96. The molecule has 0 aromatic heterocycles. The van der Waals surface area contributed by atoms with Crippen LogP contribution in [0.5, 0.6) is 0 Å². The second-order valence-corrected chi connectivity index (χ2v) is 9.95. The summed E-state index contributed by atoms with van der Waals surface area (Å²) >= 11 is 0. The van der Waals surface area contributed by atoms with Gasteiger partial charge in [0.1, 0.15) is 6.04 Å². The average molecular weight is 435 g/mol. The van der Waals surface area contributed by atoms with Gasteiger partial charge in [0.25, 0.3) is 0 Å². The standard InChI is InChI=1S/C25H26N2O3S/c1-18-10-12-20(13-11-18)16-26-25(28)24-15-21-7-3-4-8-22(21)17-27(24)31(29,30)23-9-5-6-19(2)14-23/h3-14,24H,15-17H2,1-2H3,(H,26,28)/t24-/m0/s1. The number of carbonyl (C=O) groups is 1. The van der Waals surface area contributed by atoms with E-state index >= 15 is 0 Å². The van der Waals surface area contributed by atoms with Gasteiger partial charge < -0.3 is 5.32 Å². The number of aryl methyl sites for hydroxylation is 2. The summed E-state index contributed by atoms with van der Waals surface area (Å²) in [7, 11) is -3.84. The van der Waals surface area contributed by atoms with Gasteiger partial charge in [-0.05, 0) is 54.7 Å². The lowest BCUT2D eigenvalue weighted by Gasteiger charge is -2.35. The Morgan fingerprint density at radius 3 is 2.35 bits per heavy atom. The van der Waals surface area contributed by atoms with Crippen molar-refractivity contribution in [2.75, 3.05) is 0 Å². The summed E-state index contributed by atoms with van der Waals surface area (Å²) in [6.07, 6.45) is 0.348. The largest absolute Gasteiger partial charge is 0.351 e. The molecule has 0 radical (unpaired) electrons. The third-order valence-electron chi connectivity index (χ3n) is 5.69. The van der Waals surface area contributed by atoms with Crippen LogP contribution in [0.15, 0.2) is 77.7 Å². The molecule has 0 aliphatic carbocycles. The molecule has 160 valence electrons. The van der Waals surface area contributed by atoms with E-state index in [4.69, 9.17) is 0 Å². The van der Waals surface area contributed by atoms with Gasteiger partial charge in [-0.2, -0.15) is 4.31 Å². The van der Waals surface area contributed by atoms with Crippen molar-refractivity contribution in [3.63, 3.8) is 0 Å². The van der Waals surface area contributed by atoms with E-state index in [0.717, 1.165) is 27.8 Å². The first-order valence-corrected chi connectivity index (χ1v) is 11.8. The van der Waals surface area contributed by atoms with Crippen LogP contribution in [0.2, 0.25) is 0 Å². The Morgan fingerprint density at radius 1 is 0.935 bits per heavy atom. The number of nitrogens with one attached hydrogen (secondary N) is 1. The summed E-state index contributed by atoms with van der Waals surface area (Å²) in [6, 6.07) is 21.6. The molecule has 0 bridgehead atoms. The Morgan fingerprint density at radius 2 is 1.65 bits per heavy atom. The Kier molecular flexibility index (Phi) is 5.94. The maximum Gasteiger partial charge on any atom is 0.244 e. The van der Waals surface area contributed by atoms with Crippen molar-refractivity contribution in [2.45, 2.75) is 44.3 Å². The lowest BCUT2D eigenvalue weighted by atomic mass is 9.95. The SMILES string of the molecule is Cc1ccc(CNC(=O)[C@@H]2Cc3ccccc3CN2S(=O)(=O)c2cccc(C)c2)cc1. The first-order chi connectivity index (χ1) is 14.8. The molecule has 0 unspecified atom stereocenters. The molecule has 1 atom stereocenters. The van der Waals surface area contributed by atoms with Gasteiger partial charge in [-0.1, -0.05) is 66.2 Å². The number of nitrogens with zero attached hydrogens (tertiary/aromatic N) is 1. The molecular weight excluding hydrogens is 408 g/mol. The van der Waals surface area contributed by atoms with E-state index in [1.54, 1.807) is 18.2 Å². The van der Waals surface area contributed by atoms with E-state index in [0.29, 0.717) is 13.0 Å². The highest BCUT2D eigenvalue weighted by Gasteiger charge is 2.39. The van der Waals surface area contributed by atoms with Crippen molar-refractivity contribution in [3.05, 3.63) is 101 Å². The zero-order valence-electron chi connectivity index (χ0n) is 17.7. The predicted octanol–water partition coefficient (Wildman–Crippen LogP) is 3.74.